The molecule has 0 aromatic heterocycles. The van der Waals surface area contributed by atoms with Crippen molar-refractivity contribution in [3.63, 3.8) is 0 Å². The van der Waals surface area contributed by atoms with E-state index in [0.717, 1.165) is 11.1 Å². The van der Waals surface area contributed by atoms with Crippen molar-refractivity contribution >= 4 is 29.1 Å². The van der Waals surface area contributed by atoms with E-state index in [9.17, 15) is 14.4 Å². The highest BCUT2D eigenvalue weighted by Crippen LogP contribution is 2.30. The minimum absolute atomic E-state index is 0.129. The average Bonchev–Trinajstić information content (AvgIpc) is 3.09. The van der Waals surface area contributed by atoms with E-state index in [1.54, 1.807) is 30.3 Å². The molecule has 0 bridgehead atoms. The van der Waals surface area contributed by atoms with Crippen molar-refractivity contribution in [2.45, 2.75) is 6.54 Å². The van der Waals surface area contributed by atoms with Crippen LogP contribution in [0.15, 0.2) is 49.0 Å². The molecule has 2 heterocycles. The summed E-state index contributed by atoms with van der Waals surface area (Å²) < 4.78 is 0. The smallest absolute Gasteiger partial charge is 0.259 e. The van der Waals surface area contributed by atoms with Crippen LogP contribution in [0.5, 0.6) is 0 Å². The number of hydrogen-bond donors (Lipinski definition) is 2. The standard InChI is InChI=1S/C19H15N3O3/c1-11-14-4-2-3-5-15(14)19(25)22(11)10-17(23)21-13-7-6-12-9-20-18(24)16(12)8-13/h2-8H,1,9-10H2,(H,20,24)(H,21,23). The van der Waals surface area contributed by atoms with Gasteiger partial charge in [0.05, 0.1) is 0 Å². The molecule has 0 saturated heterocycles. The normalized spacial score (nSPS) is 15.0. The van der Waals surface area contributed by atoms with Gasteiger partial charge in [0.25, 0.3) is 11.8 Å². The molecule has 0 atom stereocenters. The van der Waals surface area contributed by atoms with Gasteiger partial charge in [-0.2, -0.15) is 0 Å². The number of anilines is 1. The van der Waals surface area contributed by atoms with Crippen molar-refractivity contribution in [1.82, 2.24) is 10.2 Å². The Hall–Kier alpha value is -3.41. The van der Waals surface area contributed by atoms with Crippen LogP contribution < -0.4 is 10.6 Å². The highest BCUT2D eigenvalue weighted by atomic mass is 16.2. The highest BCUT2D eigenvalue weighted by molar-refractivity contribution is 6.11. The molecule has 2 aliphatic rings. The van der Waals surface area contributed by atoms with Gasteiger partial charge in [0, 0.05) is 34.6 Å². The molecule has 6 nitrogen and oxygen atoms in total. The van der Waals surface area contributed by atoms with Gasteiger partial charge in [-0.1, -0.05) is 30.8 Å². The molecule has 2 aromatic rings. The molecule has 3 amide bonds. The largest absolute Gasteiger partial charge is 0.348 e. The first-order valence-electron chi connectivity index (χ1n) is 7.86. The molecule has 2 aliphatic heterocycles. The van der Waals surface area contributed by atoms with Crippen LogP contribution in [0, 0.1) is 0 Å². The van der Waals surface area contributed by atoms with Crippen LogP contribution in [-0.2, 0) is 11.3 Å². The average molecular weight is 333 g/mol. The predicted molar refractivity (Wildman–Crippen MR) is 92.8 cm³/mol. The van der Waals surface area contributed by atoms with Gasteiger partial charge in [0.15, 0.2) is 0 Å². The van der Waals surface area contributed by atoms with E-state index in [4.69, 9.17) is 0 Å². The van der Waals surface area contributed by atoms with Crippen molar-refractivity contribution < 1.29 is 14.4 Å². The molecule has 2 N–H and O–H groups in total. The maximum Gasteiger partial charge on any atom is 0.259 e. The zero-order chi connectivity index (χ0) is 17.6. The van der Waals surface area contributed by atoms with Crippen LogP contribution in [0.2, 0.25) is 0 Å². The third-order valence-corrected chi connectivity index (χ3v) is 4.42. The quantitative estimate of drug-likeness (QED) is 0.902. The molecule has 2 aromatic carbocycles. The summed E-state index contributed by atoms with van der Waals surface area (Å²) in [6, 6.07) is 12.3. The lowest BCUT2D eigenvalue weighted by Crippen LogP contribution is -2.32. The van der Waals surface area contributed by atoms with Gasteiger partial charge in [-0.25, -0.2) is 0 Å². The van der Waals surface area contributed by atoms with Crippen LogP contribution >= 0.6 is 0 Å². The first-order chi connectivity index (χ1) is 12.0. The minimum Gasteiger partial charge on any atom is -0.348 e. The van der Waals surface area contributed by atoms with E-state index in [1.165, 1.54) is 4.90 Å². The van der Waals surface area contributed by atoms with E-state index in [-0.39, 0.29) is 24.3 Å². The summed E-state index contributed by atoms with van der Waals surface area (Å²) in [5, 5.41) is 5.46. The second kappa shape index (κ2) is 5.59. The molecule has 6 heteroatoms. The van der Waals surface area contributed by atoms with Gasteiger partial charge in [-0.05, 0) is 23.8 Å². The fourth-order valence-electron chi connectivity index (χ4n) is 3.14. The molecule has 0 unspecified atom stereocenters. The van der Waals surface area contributed by atoms with Crippen LogP contribution in [0.1, 0.15) is 31.8 Å². The number of nitrogens with zero attached hydrogens (tertiary/aromatic N) is 1. The number of rotatable bonds is 3. The van der Waals surface area contributed by atoms with E-state index in [0.29, 0.717) is 29.1 Å². The van der Waals surface area contributed by atoms with Gasteiger partial charge in [-0.15, -0.1) is 0 Å². The lowest BCUT2D eigenvalue weighted by atomic mass is 10.1. The van der Waals surface area contributed by atoms with E-state index < -0.39 is 0 Å². The molecule has 0 saturated carbocycles. The highest BCUT2D eigenvalue weighted by Gasteiger charge is 2.31. The third-order valence-electron chi connectivity index (χ3n) is 4.42. The lowest BCUT2D eigenvalue weighted by Gasteiger charge is -2.17. The van der Waals surface area contributed by atoms with Gasteiger partial charge < -0.3 is 10.6 Å². The summed E-state index contributed by atoms with van der Waals surface area (Å²) in [5.74, 6) is -0.727. The number of nitrogens with one attached hydrogen (secondary N) is 2. The van der Waals surface area contributed by atoms with Crippen molar-refractivity contribution in [2.24, 2.45) is 0 Å². The second-order valence-corrected chi connectivity index (χ2v) is 5.99. The molecule has 0 radical (unpaired) electrons. The molecule has 4 rings (SSSR count). The van der Waals surface area contributed by atoms with Crippen LogP contribution in [0.4, 0.5) is 5.69 Å². The van der Waals surface area contributed by atoms with Gasteiger partial charge in [0.1, 0.15) is 6.54 Å². The Morgan fingerprint density at radius 3 is 2.64 bits per heavy atom. The summed E-state index contributed by atoms with van der Waals surface area (Å²) in [6.45, 7) is 4.29. The molecule has 0 spiro atoms. The number of benzene rings is 2. The Labute approximate surface area is 144 Å². The first-order valence-corrected chi connectivity index (χ1v) is 7.86. The fraction of sp³-hybridized carbons (Fsp3) is 0.105. The maximum absolute atomic E-state index is 12.4. The van der Waals surface area contributed by atoms with E-state index in [2.05, 4.69) is 17.2 Å². The zero-order valence-electron chi connectivity index (χ0n) is 13.3. The Bertz CT molecular complexity index is 914. The van der Waals surface area contributed by atoms with Gasteiger partial charge >= 0.3 is 0 Å². The summed E-state index contributed by atoms with van der Waals surface area (Å²) in [7, 11) is 0. The van der Waals surface area contributed by atoms with Crippen LogP contribution in [0.25, 0.3) is 5.70 Å². The molecule has 0 aliphatic carbocycles. The summed E-state index contributed by atoms with van der Waals surface area (Å²) in [6.07, 6.45) is 0. The summed E-state index contributed by atoms with van der Waals surface area (Å²) in [4.78, 5) is 37.8. The van der Waals surface area contributed by atoms with Crippen molar-refractivity contribution in [3.8, 4) is 0 Å². The van der Waals surface area contributed by atoms with Crippen LogP contribution in [-0.4, -0.2) is 29.2 Å². The van der Waals surface area contributed by atoms with Gasteiger partial charge in [0.2, 0.25) is 5.91 Å². The Morgan fingerprint density at radius 1 is 1.12 bits per heavy atom. The maximum atomic E-state index is 12.4. The summed E-state index contributed by atoms with van der Waals surface area (Å²) >= 11 is 0. The van der Waals surface area contributed by atoms with E-state index >= 15 is 0 Å². The Morgan fingerprint density at radius 2 is 1.88 bits per heavy atom. The fourth-order valence-corrected chi connectivity index (χ4v) is 3.14. The summed E-state index contributed by atoms with van der Waals surface area (Å²) in [5.41, 5.74) is 3.80. The molecule has 0 fully saturated rings. The molecular formula is C19H15N3O3. The number of hydrogen-bond acceptors (Lipinski definition) is 3. The molecule has 25 heavy (non-hydrogen) atoms. The Balaban J connectivity index is 1.49. The zero-order valence-corrected chi connectivity index (χ0v) is 13.3. The number of fused-ring (bicyclic) bond motifs is 2. The SMILES string of the molecule is C=C1c2ccccc2C(=O)N1CC(=O)Nc1ccc2c(c1)C(=O)NC2. The first kappa shape index (κ1) is 15.1. The predicted octanol–water partition coefficient (Wildman–Crippen LogP) is 2.00. The second-order valence-electron chi connectivity index (χ2n) is 5.99. The van der Waals surface area contributed by atoms with Crippen molar-refractivity contribution in [1.29, 1.82) is 0 Å². The third kappa shape index (κ3) is 2.48. The number of amides is 3. The van der Waals surface area contributed by atoms with Crippen LogP contribution in [0.3, 0.4) is 0 Å². The molecule has 124 valence electrons. The number of carbonyl (C=O) groups excluding carboxylic acids is 3. The van der Waals surface area contributed by atoms with Crippen molar-refractivity contribution in [3.05, 3.63) is 71.3 Å². The van der Waals surface area contributed by atoms with Gasteiger partial charge in [-0.3, -0.25) is 19.3 Å². The Kier molecular flexibility index (Phi) is 3.39. The lowest BCUT2D eigenvalue weighted by molar-refractivity contribution is -0.116. The monoisotopic (exact) mass is 333 g/mol. The topological polar surface area (TPSA) is 78.5 Å². The van der Waals surface area contributed by atoms with E-state index in [1.807, 2.05) is 12.1 Å². The molecular weight excluding hydrogens is 318 g/mol. The minimum atomic E-state index is -0.347. The number of carbonyl (C=O) groups is 3. The van der Waals surface area contributed by atoms with Crippen molar-refractivity contribution in [2.75, 3.05) is 11.9 Å².